The normalized spacial score (nSPS) is 31.2. The monoisotopic (exact) mass is 364 g/mol. The smallest absolute Gasteiger partial charge is 0.303 e. The van der Waals surface area contributed by atoms with Crippen molar-refractivity contribution in [3.8, 4) is 0 Å². The number of hydrogen-bond donors (Lipinski definition) is 3. The fourth-order valence-corrected chi connectivity index (χ4v) is 4.59. The Balaban J connectivity index is 1.81. The topological polar surface area (TPSA) is 77.8 Å². The highest BCUT2D eigenvalue weighted by atomic mass is 16.4. The number of allylic oxidation sites excluding steroid dienone is 2. The zero-order chi connectivity index (χ0) is 19.1. The summed E-state index contributed by atoms with van der Waals surface area (Å²) in [5.74, 6) is 1.08. The first-order valence-corrected chi connectivity index (χ1v) is 10.3. The summed E-state index contributed by atoms with van der Waals surface area (Å²) >= 11 is 0. The number of aliphatic hydroxyl groups excluding tert-OH is 2. The number of carboxylic acids is 1. The van der Waals surface area contributed by atoms with Crippen LogP contribution in [0.4, 0.5) is 0 Å². The van der Waals surface area contributed by atoms with Crippen LogP contribution in [-0.4, -0.2) is 33.5 Å². The van der Waals surface area contributed by atoms with Gasteiger partial charge < -0.3 is 15.3 Å². The Labute approximate surface area is 158 Å². The van der Waals surface area contributed by atoms with Gasteiger partial charge in [0, 0.05) is 12.3 Å². The summed E-state index contributed by atoms with van der Waals surface area (Å²) in [5, 5.41) is 29.3. The number of carboxylic acid groups (broad SMARTS) is 1. The maximum atomic E-state index is 10.6. The molecule has 2 fully saturated rings. The van der Waals surface area contributed by atoms with E-state index >= 15 is 0 Å². The van der Waals surface area contributed by atoms with Gasteiger partial charge in [-0.05, 0) is 56.3 Å². The molecule has 0 heterocycles. The van der Waals surface area contributed by atoms with Gasteiger partial charge in [0.1, 0.15) is 0 Å². The van der Waals surface area contributed by atoms with Gasteiger partial charge in [-0.15, -0.1) is 0 Å². The first-order chi connectivity index (χ1) is 12.4. The third-order valence-electron chi connectivity index (χ3n) is 5.98. The average Bonchev–Trinajstić information content (AvgIpc) is 3.05. The van der Waals surface area contributed by atoms with Crippen molar-refractivity contribution in [2.75, 3.05) is 0 Å². The molecule has 2 aliphatic rings. The Bertz CT molecular complexity index is 508. The number of aliphatic hydroxyl groups is 2. The summed E-state index contributed by atoms with van der Waals surface area (Å²) < 4.78 is 0. The minimum atomic E-state index is -0.730. The molecule has 0 unspecified atom stereocenters. The quantitative estimate of drug-likeness (QED) is 0.398. The molecule has 0 saturated heterocycles. The highest BCUT2D eigenvalue weighted by Gasteiger charge is 2.44. The molecule has 26 heavy (non-hydrogen) atoms. The molecule has 2 rings (SSSR count). The molecule has 0 radical (unpaired) electrons. The van der Waals surface area contributed by atoms with Gasteiger partial charge in [-0.2, -0.15) is 0 Å². The Morgan fingerprint density at radius 2 is 2.00 bits per heavy atom. The van der Waals surface area contributed by atoms with Crippen LogP contribution < -0.4 is 0 Å². The lowest BCUT2D eigenvalue weighted by Gasteiger charge is -2.18. The van der Waals surface area contributed by atoms with Crippen molar-refractivity contribution in [1.29, 1.82) is 0 Å². The summed E-state index contributed by atoms with van der Waals surface area (Å²) in [7, 11) is 0. The molecule has 2 aliphatic carbocycles. The zero-order valence-electron chi connectivity index (χ0n) is 16.3. The van der Waals surface area contributed by atoms with E-state index < -0.39 is 12.1 Å². The van der Waals surface area contributed by atoms with Crippen LogP contribution in [0.25, 0.3) is 0 Å². The summed E-state index contributed by atoms with van der Waals surface area (Å²) in [6.07, 6.45) is 13.1. The second-order valence-corrected chi connectivity index (χ2v) is 8.64. The molecule has 0 aliphatic heterocycles. The van der Waals surface area contributed by atoms with Crippen LogP contribution in [0.15, 0.2) is 23.8 Å². The number of unbranched alkanes of at least 4 members (excludes halogenated alkanes) is 1. The lowest BCUT2D eigenvalue weighted by Crippen LogP contribution is -2.17. The second-order valence-electron chi connectivity index (χ2n) is 8.64. The summed E-state index contributed by atoms with van der Waals surface area (Å²) in [6, 6.07) is 0. The van der Waals surface area contributed by atoms with Gasteiger partial charge in [-0.1, -0.05) is 50.5 Å². The van der Waals surface area contributed by atoms with Crippen LogP contribution in [0.2, 0.25) is 0 Å². The molecular weight excluding hydrogens is 328 g/mol. The maximum Gasteiger partial charge on any atom is 0.303 e. The predicted octanol–water partition coefficient (Wildman–Crippen LogP) is 4.32. The van der Waals surface area contributed by atoms with Gasteiger partial charge in [0.2, 0.25) is 0 Å². The Morgan fingerprint density at radius 1 is 1.23 bits per heavy atom. The number of aliphatic carboxylic acids is 1. The van der Waals surface area contributed by atoms with Gasteiger partial charge in [0.05, 0.1) is 12.2 Å². The number of rotatable bonds is 10. The van der Waals surface area contributed by atoms with E-state index in [0.29, 0.717) is 24.2 Å². The molecular formula is C22H36O4. The molecule has 2 saturated carbocycles. The minimum Gasteiger partial charge on any atom is -0.481 e. The molecule has 3 N–H and O–H groups in total. The molecule has 0 aromatic rings. The lowest BCUT2D eigenvalue weighted by molar-refractivity contribution is -0.137. The molecule has 4 nitrogen and oxygen atoms in total. The largest absolute Gasteiger partial charge is 0.481 e. The minimum absolute atomic E-state index is 0.143. The Morgan fingerprint density at radius 3 is 2.69 bits per heavy atom. The molecule has 5 atom stereocenters. The average molecular weight is 365 g/mol. The number of carbonyl (C=O) groups is 1. The van der Waals surface area contributed by atoms with E-state index in [1.165, 1.54) is 5.57 Å². The van der Waals surface area contributed by atoms with Crippen LogP contribution in [0.3, 0.4) is 0 Å². The van der Waals surface area contributed by atoms with Crippen molar-refractivity contribution in [3.05, 3.63) is 23.8 Å². The Kier molecular flexibility index (Phi) is 8.36. The molecule has 0 spiro atoms. The van der Waals surface area contributed by atoms with Crippen LogP contribution in [-0.2, 0) is 4.79 Å². The Hall–Kier alpha value is -1.13. The molecule has 0 aromatic carbocycles. The van der Waals surface area contributed by atoms with E-state index in [1.807, 2.05) is 6.08 Å². The van der Waals surface area contributed by atoms with E-state index in [2.05, 4.69) is 26.0 Å². The molecule has 4 heteroatoms. The van der Waals surface area contributed by atoms with Crippen molar-refractivity contribution in [2.45, 2.75) is 83.8 Å². The summed E-state index contributed by atoms with van der Waals surface area (Å²) in [5.41, 5.74) is 1.42. The predicted molar refractivity (Wildman–Crippen MR) is 104 cm³/mol. The fourth-order valence-electron chi connectivity index (χ4n) is 4.59. The van der Waals surface area contributed by atoms with Gasteiger partial charge in [0.15, 0.2) is 0 Å². The third-order valence-corrected chi connectivity index (χ3v) is 5.98. The van der Waals surface area contributed by atoms with E-state index in [9.17, 15) is 15.0 Å². The van der Waals surface area contributed by atoms with Gasteiger partial charge >= 0.3 is 5.97 Å². The first kappa shape index (κ1) is 21.2. The maximum absolute atomic E-state index is 10.6. The van der Waals surface area contributed by atoms with Crippen molar-refractivity contribution in [3.63, 3.8) is 0 Å². The van der Waals surface area contributed by atoms with E-state index in [1.54, 1.807) is 0 Å². The van der Waals surface area contributed by atoms with Crippen molar-refractivity contribution in [2.24, 2.45) is 23.7 Å². The van der Waals surface area contributed by atoms with Gasteiger partial charge in [-0.3, -0.25) is 4.79 Å². The summed E-state index contributed by atoms with van der Waals surface area (Å²) in [6.45, 7) is 4.40. The highest BCUT2D eigenvalue weighted by molar-refractivity contribution is 5.66. The van der Waals surface area contributed by atoms with Crippen molar-refractivity contribution in [1.82, 2.24) is 0 Å². The van der Waals surface area contributed by atoms with Crippen LogP contribution in [0.1, 0.15) is 71.6 Å². The van der Waals surface area contributed by atoms with E-state index in [0.717, 1.165) is 44.9 Å². The second kappa shape index (κ2) is 10.3. The molecule has 0 amide bonds. The summed E-state index contributed by atoms with van der Waals surface area (Å²) in [4.78, 5) is 10.6. The van der Waals surface area contributed by atoms with E-state index in [-0.39, 0.29) is 18.4 Å². The highest BCUT2D eigenvalue weighted by Crippen LogP contribution is 2.50. The van der Waals surface area contributed by atoms with E-state index in [4.69, 9.17) is 5.11 Å². The van der Waals surface area contributed by atoms with Gasteiger partial charge in [-0.25, -0.2) is 0 Å². The molecule has 0 bridgehead atoms. The SMILES string of the molecule is CC(C)CCC[C@@H](O)/C=C/[C@@H]1[C@H]2C/C(=C/CCCC(=O)O)C[C@@H]2C[C@H]1O. The fraction of sp³-hybridized carbons (Fsp3) is 0.773. The number of hydrogen-bond acceptors (Lipinski definition) is 3. The standard InChI is InChI=1S/C22H36O4/c1-15(2)6-5-8-18(23)10-11-19-20-13-16(7-3-4-9-22(25)26)12-17(20)14-21(19)24/h7,10-11,15,17-21,23-24H,3-6,8-9,12-14H2,1-2H3,(H,25,26)/b11-10+,16-7+/t17-,18-,19-,20+,21-/m1/s1. The van der Waals surface area contributed by atoms with Crippen molar-refractivity contribution < 1.29 is 20.1 Å². The molecule has 148 valence electrons. The van der Waals surface area contributed by atoms with Crippen molar-refractivity contribution >= 4 is 5.97 Å². The van der Waals surface area contributed by atoms with Crippen LogP contribution in [0.5, 0.6) is 0 Å². The first-order valence-electron chi connectivity index (χ1n) is 10.3. The molecule has 0 aromatic heterocycles. The van der Waals surface area contributed by atoms with Crippen LogP contribution >= 0.6 is 0 Å². The number of fused-ring (bicyclic) bond motifs is 1. The zero-order valence-corrected chi connectivity index (χ0v) is 16.3. The van der Waals surface area contributed by atoms with Crippen LogP contribution in [0, 0.1) is 23.7 Å². The third kappa shape index (κ3) is 6.55. The van der Waals surface area contributed by atoms with Gasteiger partial charge in [0.25, 0.3) is 0 Å². The lowest BCUT2D eigenvalue weighted by atomic mass is 9.90.